The maximum absolute atomic E-state index is 10.2. The van der Waals surface area contributed by atoms with Crippen molar-refractivity contribution in [2.75, 3.05) is 19.6 Å². The molecule has 0 rings (SSSR count). The van der Waals surface area contributed by atoms with E-state index in [0.717, 1.165) is 0 Å². The zero-order chi connectivity index (χ0) is 8.04. The molecule has 0 saturated carbocycles. The van der Waals surface area contributed by atoms with Crippen molar-refractivity contribution in [3.05, 3.63) is 0 Å². The average molecular weight is 170 g/mol. The summed E-state index contributed by atoms with van der Waals surface area (Å²) in [6.45, 7) is -0.219. The number of aliphatic hydroxyl groups excluding tert-OH is 1. The molecular weight excluding hydrogens is 159 g/mol. The van der Waals surface area contributed by atoms with E-state index in [1.165, 1.54) is 0 Å². The van der Waals surface area contributed by atoms with Gasteiger partial charge in [-0.3, -0.25) is 4.57 Å². The van der Waals surface area contributed by atoms with Gasteiger partial charge < -0.3 is 19.6 Å². The second kappa shape index (κ2) is 4.82. The lowest BCUT2D eigenvalue weighted by atomic mass is 10.5. The highest BCUT2D eigenvalue weighted by atomic mass is 31.2. The Bertz CT molecular complexity index is 119. The quantitative estimate of drug-likeness (QED) is 0.294. The maximum Gasteiger partial charge on any atom is 0.325 e. The minimum atomic E-state index is -3.87. The monoisotopic (exact) mass is 170 g/mol. The lowest BCUT2D eigenvalue weighted by molar-refractivity contribution is -0.000949. The molecular formula is C4H11O5P. The fraction of sp³-hybridized carbons (Fsp3) is 1.00. The molecule has 0 heterocycles. The van der Waals surface area contributed by atoms with E-state index in [0.29, 0.717) is 0 Å². The number of hydrogen-bond donors (Lipinski definition) is 3. The summed E-state index contributed by atoms with van der Waals surface area (Å²) in [5.41, 5.74) is 0. The van der Waals surface area contributed by atoms with Crippen molar-refractivity contribution < 1.29 is 24.2 Å². The van der Waals surface area contributed by atoms with Crippen molar-refractivity contribution in [2.24, 2.45) is 0 Å². The first-order chi connectivity index (χ1) is 4.56. The molecule has 0 fully saturated rings. The molecule has 0 aromatic carbocycles. The molecule has 0 atom stereocenters. The van der Waals surface area contributed by atoms with Crippen molar-refractivity contribution in [1.29, 1.82) is 0 Å². The third kappa shape index (κ3) is 8.07. The Balaban J connectivity index is 3.13. The number of ether oxygens (including phenoxy) is 1. The number of aliphatic hydroxyl groups is 1. The van der Waals surface area contributed by atoms with E-state index < -0.39 is 14.4 Å². The van der Waals surface area contributed by atoms with Crippen LogP contribution in [0.2, 0.25) is 0 Å². The molecule has 0 unspecified atom stereocenters. The van der Waals surface area contributed by atoms with Gasteiger partial charge in [-0.15, -0.1) is 0 Å². The van der Waals surface area contributed by atoms with Gasteiger partial charge in [0.1, 0.15) is 6.79 Å². The maximum atomic E-state index is 10.2. The zero-order valence-electron chi connectivity index (χ0n) is 5.43. The Morgan fingerprint density at radius 2 is 2.00 bits per heavy atom. The lowest BCUT2D eigenvalue weighted by Gasteiger charge is -2.02. The van der Waals surface area contributed by atoms with Gasteiger partial charge in [0.15, 0.2) is 0 Å². The number of hydrogen-bond acceptors (Lipinski definition) is 3. The van der Waals surface area contributed by atoms with E-state index in [2.05, 4.69) is 4.74 Å². The zero-order valence-corrected chi connectivity index (χ0v) is 6.33. The minimum Gasteiger partial charge on any atom is -0.371 e. The van der Waals surface area contributed by atoms with E-state index in [4.69, 9.17) is 14.9 Å². The molecule has 0 bridgehead atoms. The van der Waals surface area contributed by atoms with Crippen LogP contribution in [0.25, 0.3) is 0 Å². The van der Waals surface area contributed by atoms with Gasteiger partial charge in [-0.05, 0) is 6.42 Å². The van der Waals surface area contributed by atoms with Crippen molar-refractivity contribution in [3.8, 4) is 0 Å². The highest BCUT2D eigenvalue weighted by Gasteiger charge is 2.10. The molecule has 0 aliphatic rings. The Kier molecular flexibility index (Phi) is 4.85. The van der Waals surface area contributed by atoms with Crippen LogP contribution in [0.5, 0.6) is 0 Å². The van der Waals surface area contributed by atoms with Crippen LogP contribution in [0, 0.1) is 0 Å². The summed E-state index contributed by atoms with van der Waals surface area (Å²) in [5.74, 6) is 0. The average Bonchev–Trinajstić information content (AvgIpc) is 1.78. The Labute approximate surface area is 58.8 Å². The lowest BCUT2D eigenvalue weighted by Crippen LogP contribution is -1.98. The van der Waals surface area contributed by atoms with Gasteiger partial charge in [0.25, 0.3) is 0 Å². The largest absolute Gasteiger partial charge is 0.371 e. The highest BCUT2D eigenvalue weighted by Crippen LogP contribution is 2.34. The van der Waals surface area contributed by atoms with Gasteiger partial charge in [0.2, 0.25) is 0 Å². The van der Waals surface area contributed by atoms with Gasteiger partial charge in [-0.1, -0.05) is 0 Å². The molecule has 0 saturated heterocycles. The highest BCUT2D eigenvalue weighted by molar-refractivity contribution is 7.51. The van der Waals surface area contributed by atoms with Gasteiger partial charge in [-0.2, -0.15) is 0 Å². The smallest absolute Gasteiger partial charge is 0.325 e. The Morgan fingerprint density at radius 1 is 1.40 bits per heavy atom. The predicted molar refractivity (Wildman–Crippen MR) is 34.6 cm³/mol. The first kappa shape index (κ1) is 10.1. The van der Waals surface area contributed by atoms with Crippen LogP contribution in [0.1, 0.15) is 6.42 Å². The van der Waals surface area contributed by atoms with Crippen molar-refractivity contribution in [2.45, 2.75) is 6.42 Å². The first-order valence-electron chi connectivity index (χ1n) is 2.79. The van der Waals surface area contributed by atoms with Crippen LogP contribution in [0.3, 0.4) is 0 Å². The molecule has 0 aliphatic heterocycles. The van der Waals surface area contributed by atoms with Crippen molar-refractivity contribution in [3.63, 3.8) is 0 Å². The van der Waals surface area contributed by atoms with Crippen LogP contribution in [0.4, 0.5) is 0 Å². The van der Waals surface area contributed by atoms with Gasteiger partial charge in [0, 0.05) is 0 Å². The van der Waals surface area contributed by atoms with Gasteiger partial charge in [-0.25, -0.2) is 0 Å². The van der Waals surface area contributed by atoms with E-state index in [9.17, 15) is 4.57 Å². The van der Waals surface area contributed by atoms with E-state index in [1.54, 1.807) is 0 Å². The predicted octanol–water partition coefficient (Wildman–Crippen LogP) is -0.479. The summed E-state index contributed by atoms with van der Waals surface area (Å²) < 4.78 is 14.6. The van der Waals surface area contributed by atoms with Crippen LogP contribution in [-0.4, -0.2) is 34.5 Å². The third-order valence-electron chi connectivity index (χ3n) is 0.829. The van der Waals surface area contributed by atoms with Crippen molar-refractivity contribution >= 4 is 7.60 Å². The molecule has 10 heavy (non-hydrogen) atoms. The normalized spacial score (nSPS) is 11.9. The second-order valence-electron chi connectivity index (χ2n) is 1.78. The number of rotatable bonds is 5. The van der Waals surface area contributed by atoms with Gasteiger partial charge in [0.05, 0.1) is 12.8 Å². The molecule has 3 N–H and O–H groups in total. The molecule has 0 aromatic rings. The SMILES string of the molecule is O=P(O)(O)CCCOCO. The van der Waals surface area contributed by atoms with Gasteiger partial charge >= 0.3 is 7.60 Å². The first-order valence-corrected chi connectivity index (χ1v) is 4.59. The van der Waals surface area contributed by atoms with E-state index in [-0.39, 0.29) is 19.2 Å². The Hall–Kier alpha value is 0.0700. The minimum absolute atomic E-state index is 0.182. The molecule has 0 radical (unpaired) electrons. The molecule has 62 valence electrons. The third-order valence-corrected chi connectivity index (χ3v) is 1.73. The fourth-order valence-electron chi connectivity index (χ4n) is 0.437. The molecule has 6 heteroatoms. The summed E-state index contributed by atoms with van der Waals surface area (Å²) in [4.78, 5) is 16.6. The van der Waals surface area contributed by atoms with Crippen LogP contribution >= 0.6 is 7.60 Å². The molecule has 0 aromatic heterocycles. The fourth-order valence-corrected chi connectivity index (χ4v) is 0.978. The summed E-state index contributed by atoms with van der Waals surface area (Å²) in [6.07, 6.45) is 0.0812. The molecule has 0 spiro atoms. The van der Waals surface area contributed by atoms with Crippen molar-refractivity contribution in [1.82, 2.24) is 0 Å². The van der Waals surface area contributed by atoms with E-state index in [1.807, 2.05) is 0 Å². The summed E-state index contributed by atoms with van der Waals surface area (Å²) >= 11 is 0. The standard InChI is InChI=1S/C4H11O5P/c5-4-9-2-1-3-10(6,7)8/h5H,1-4H2,(H2,6,7,8). The van der Waals surface area contributed by atoms with Crippen LogP contribution < -0.4 is 0 Å². The summed E-state index contributed by atoms with van der Waals surface area (Å²) in [5, 5.41) is 8.08. The second-order valence-corrected chi connectivity index (χ2v) is 3.56. The van der Waals surface area contributed by atoms with E-state index >= 15 is 0 Å². The summed E-state index contributed by atoms with van der Waals surface area (Å²) in [7, 11) is -3.87. The van der Waals surface area contributed by atoms with Crippen LogP contribution in [-0.2, 0) is 9.30 Å². The Morgan fingerprint density at radius 3 is 2.40 bits per heavy atom. The topological polar surface area (TPSA) is 87.0 Å². The molecule has 0 amide bonds. The molecule has 0 aliphatic carbocycles. The summed E-state index contributed by atoms with van der Waals surface area (Å²) in [6, 6.07) is 0. The van der Waals surface area contributed by atoms with Crippen LogP contribution in [0.15, 0.2) is 0 Å². The molecule has 5 nitrogen and oxygen atoms in total.